The fourth-order valence-electron chi connectivity index (χ4n) is 1.81. The number of hydrogen-bond donors (Lipinski definition) is 3. The van der Waals surface area contributed by atoms with Crippen molar-refractivity contribution in [1.29, 1.82) is 0 Å². The highest BCUT2D eigenvalue weighted by atomic mass is 16.2. The number of rotatable bonds is 3. The first-order valence-electron chi connectivity index (χ1n) is 5.94. The summed E-state index contributed by atoms with van der Waals surface area (Å²) < 4.78 is 1.40. The lowest BCUT2D eigenvalue weighted by molar-refractivity contribution is 0.0961. The monoisotopic (exact) mass is 273 g/mol. The van der Waals surface area contributed by atoms with Gasteiger partial charge in [-0.15, -0.1) is 0 Å². The molecule has 4 N–H and O–H groups in total. The van der Waals surface area contributed by atoms with Crippen molar-refractivity contribution >= 4 is 23.2 Å². The number of aromatic nitrogens is 2. The maximum Gasteiger partial charge on any atom is 0.276 e. The van der Waals surface area contributed by atoms with Crippen LogP contribution >= 0.6 is 0 Å². The molecule has 0 bridgehead atoms. The molecule has 0 fully saturated rings. The molecule has 0 saturated heterocycles. The van der Waals surface area contributed by atoms with E-state index in [0.29, 0.717) is 16.9 Å². The summed E-state index contributed by atoms with van der Waals surface area (Å²) in [6.07, 6.45) is 1.41. The zero-order chi connectivity index (χ0) is 14.7. The standard InChI is InChI=1S/C13H15N5O2/c1-15-12(19)8-4-3-5-9(6-8)17-13(20)11-10(14)7-16-18(11)2/h3-7H,14H2,1-2H3,(H,15,19)(H,17,20). The zero-order valence-electron chi connectivity index (χ0n) is 11.2. The van der Waals surface area contributed by atoms with E-state index in [1.165, 1.54) is 10.9 Å². The Labute approximate surface area is 115 Å². The van der Waals surface area contributed by atoms with Gasteiger partial charge in [0.05, 0.1) is 11.9 Å². The Hall–Kier alpha value is -2.83. The number of nitrogens with one attached hydrogen (secondary N) is 2. The first kappa shape index (κ1) is 13.6. The largest absolute Gasteiger partial charge is 0.396 e. The summed E-state index contributed by atoms with van der Waals surface area (Å²) in [6.45, 7) is 0. The summed E-state index contributed by atoms with van der Waals surface area (Å²) >= 11 is 0. The van der Waals surface area contributed by atoms with Crippen molar-refractivity contribution in [3.8, 4) is 0 Å². The van der Waals surface area contributed by atoms with Gasteiger partial charge in [0.1, 0.15) is 5.69 Å². The van der Waals surface area contributed by atoms with Gasteiger partial charge in [-0.3, -0.25) is 14.3 Å². The molecule has 7 nitrogen and oxygen atoms in total. The van der Waals surface area contributed by atoms with Crippen LogP contribution in [0.15, 0.2) is 30.5 Å². The third-order valence-electron chi connectivity index (χ3n) is 2.79. The van der Waals surface area contributed by atoms with E-state index in [4.69, 9.17) is 5.73 Å². The van der Waals surface area contributed by atoms with Crippen LogP contribution in [0.1, 0.15) is 20.8 Å². The predicted molar refractivity (Wildman–Crippen MR) is 75.4 cm³/mol. The van der Waals surface area contributed by atoms with Crippen molar-refractivity contribution in [2.24, 2.45) is 7.05 Å². The minimum atomic E-state index is -0.378. The molecule has 1 heterocycles. The van der Waals surface area contributed by atoms with Gasteiger partial charge in [-0.1, -0.05) is 6.07 Å². The van der Waals surface area contributed by atoms with Gasteiger partial charge in [0.25, 0.3) is 11.8 Å². The normalized spacial score (nSPS) is 10.1. The Kier molecular flexibility index (Phi) is 3.69. The fourth-order valence-corrected chi connectivity index (χ4v) is 1.81. The van der Waals surface area contributed by atoms with Crippen LogP contribution in [0, 0.1) is 0 Å². The number of amides is 2. The number of nitrogens with zero attached hydrogens (tertiary/aromatic N) is 2. The molecular formula is C13H15N5O2. The Balaban J connectivity index is 2.22. The molecule has 0 aliphatic carbocycles. The summed E-state index contributed by atoms with van der Waals surface area (Å²) in [5.41, 5.74) is 7.23. The number of benzene rings is 1. The van der Waals surface area contributed by atoms with Crippen molar-refractivity contribution in [3.05, 3.63) is 41.7 Å². The van der Waals surface area contributed by atoms with Gasteiger partial charge in [-0.2, -0.15) is 5.10 Å². The van der Waals surface area contributed by atoms with Crippen LogP contribution in [0.3, 0.4) is 0 Å². The Morgan fingerprint density at radius 2 is 2.05 bits per heavy atom. The van der Waals surface area contributed by atoms with Gasteiger partial charge < -0.3 is 16.4 Å². The summed E-state index contributed by atoms with van der Waals surface area (Å²) in [4.78, 5) is 23.6. The van der Waals surface area contributed by atoms with Crippen LogP contribution < -0.4 is 16.4 Å². The molecule has 2 aromatic rings. The van der Waals surface area contributed by atoms with Crippen LogP contribution in [0.25, 0.3) is 0 Å². The molecule has 1 aromatic carbocycles. The van der Waals surface area contributed by atoms with Gasteiger partial charge in [0.2, 0.25) is 0 Å². The summed E-state index contributed by atoms with van der Waals surface area (Å²) in [7, 11) is 3.18. The molecule has 0 aliphatic rings. The second-order valence-electron chi connectivity index (χ2n) is 4.19. The van der Waals surface area contributed by atoms with Crippen molar-refractivity contribution in [2.75, 3.05) is 18.1 Å². The lowest BCUT2D eigenvalue weighted by Gasteiger charge is -2.07. The topological polar surface area (TPSA) is 102 Å². The highest BCUT2D eigenvalue weighted by Crippen LogP contribution is 2.15. The number of aryl methyl sites for hydroxylation is 1. The second-order valence-corrected chi connectivity index (χ2v) is 4.19. The first-order valence-corrected chi connectivity index (χ1v) is 5.94. The third kappa shape index (κ3) is 2.61. The molecule has 0 spiro atoms. The SMILES string of the molecule is CNC(=O)c1cccc(NC(=O)c2c(N)cnn2C)c1. The summed E-state index contributed by atoms with van der Waals surface area (Å²) in [6, 6.07) is 6.62. The molecule has 2 rings (SSSR count). The predicted octanol–water partition coefficient (Wildman–Crippen LogP) is 0.614. The van der Waals surface area contributed by atoms with Gasteiger partial charge in [-0.05, 0) is 18.2 Å². The molecule has 20 heavy (non-hydrogen) atoms. The molecule has 0 saturated carbocycles. The quantitative estimate of drug-likeness (QED) is 0.762. The van der Waals surface area contributed by atoms with Crippen LogP contribution in [0.2, 0.25) is 0 Å². The average molecular weight is 273 g/mol. The molecule has 0 atom stereocenters. The van der Waals surface area contributed by atoms with E-state index in [-0.39, 0.29) is 17.5 Å². The van der Waals surface area contributed by atoms with E-state index in [9.17, 15) is 9.59 Å². The second kappa shape index (κ2) is 5.43. The zero-order valence-corrected chi connectivity index (χ0v) is 11.2. The average Bonchev–Trinajstić information content (AvgIpc) is 2.77. The number of nitrogen functional groups attached to an aromatic ring is 1. The third-order valence-corrected chi connectivity index (χ3v) is 2.79. The fraction of sp³-hybridized carbons (Fsp3) is 0.154. The maximum atomic E-state index is 12.1. The number of anilines is 2. The lowest BCUT2D eigenvalue weighted by atomic mass is 10.2. The first-order chi connectivity index (χ1) is 9.52. The molecule has 7 heteroatoms. The molecule has 104 valence electrons. The molecule has 2 amide bonds. The van der Waals surface area contributed by atoms with Crippen molar-refractivity contribution in [2.45, 2.75) is 0 Å². The lowest BCUT2D eigenvalue weighted by Crippen LogP contribution is -2.19. The highest BCUT2D eigenvalue weighted by molar-refractivity contribution is 6.07. The van der Waals surface area contributed by atoms with Crippen molar-refractivity contribution in [1.82, 2.24) is 15.1 Å². The van der Waals surface area contributed by atoms with Gasteiger partial charge in [0, 0.05) is 25.3 Å². The van der Waals surface area contributed by atoms with Crippen molar-refractivity contribution in [3.63, 3.8) is 0 Å². The van der Waals surface area contributed by atoms with E-state index in [2.05, 4.69) is 15.7 Å². The van der Waals surface area contributed by atoms with Crippen LogP contribution in [-0.2, 0) is 7.05 Å². The smallest absolute Gasteiger partial charge is 0.276 e. The van der Waals surface area contributed by atoms with Gasteiger partial charge in [-0.25, -0.2) is 0 Å². The molecule has 0 unspecified atom stereocenters. The number of carbonyl (C=O) groups is 2. The molecule has 0 aliphatic heterocycles. The van der Waals surface area contributed by atoms with E-state index in [1.807, 2.05) is 0 Å². The maximum absolute atomic E-state index is 12.1. The Bertz CT molecular complexity index is 643. The van der Waals surface area contributed by atoms with Crippen LogP contribution in [0.5, 0.6) is 0 Å². The summed E-state index contributed by atoms with van der Waals surface area (Å²) in [5, 5.41) is 9.11. The Morgan fingerprint density at radius 1 is 1.30 bits per heavy atom. The summed E-state index contributed by atoms with van der Waals surface area (Å²) in [5.74, 6) is -0.599. The van der Waals surface area contributed by atoms with E-state index in [0.717, 1.165) is 0 Å². The van der Waals surface area contributed by atoms with E-state index in [1.54, 1.807) is 38.4 Å². The van der Waals surface area contributed by atoms with Gasteiger partial charge in [0.15, 0.2) is 0 Å². The van der Waals surface area contributed by atoms with E-state index < -0.39 is 0 Å². The minimum Gasteiger partial charge on any atom is -0.396 e. The number of carbonyl (C=O) groups excluding carboxylic acids is 2. The molecular weight excluding hydrogens is 258 g/mol. The number of hydrogen-bond acceptors (Lipinski definition) is 4. The Morgan fingerprint density at radius 3 is 2.65 bits per heavy atom. The molecule has 1 aromatic heterocycles. The number of nitrogens with two attached hydrogens (primary N) is 1. The van der Waals surface area contributed by atoms with Crippen LogP contribution in [-0.4, -0.2) is 28.6 Å². The van der Waals surface area contributed by atoms with Gasteiger partial charge >= 0.3 is 0 Å². The van der Waals surface area contributed by atoms with Crippen molar-refractivity contribution < 1.29 is 9.59 Å². The molecule has 0 radical (unpaired) electrons. The van der Waals surface area contributed by atoms with Crippen LogP contribution in [0.4, 0.5) is 11.4 Å². The highest BCUT2D eigenvalue weighted by Gasteiger charge is 2.15. The minimum absolute atomic E-state index is 0.221. The van der Waals surface area contributed by atoms with E-state index >= 15 is 0 Å².